The molecule has 1 aromatic rings. The molecule has 0 aliphatic rings. The summed E-state index contributed by atoms with van der Waals surface area (Å²) in [6.07, 6.45) is -0.823. The molecular formula is C14H20N2O4. The van der Waals surface area contributed by atoms with E-state index in [1.54, 1.807) is 6.92 Å². The van der Waals surface area contributed by atoms with Gasteiger partial charge in [-0.3, -0.25) is 4.79 Å². The number of ether oxygens (including phenoxy) is 1. The van der Waals surface area contributed by atoms with Crippen molar-refractivity contribution in [3.05, 3.63) is 23.8 Å². The predicted molar refractivity (Wildman–Crippen MR) is 75.8 cm³/mol. The maximum absolute atomic E-state index is 11.8. The highest BCUT2D eigenvalue weighted by Crippen LogP contribution is 2.27. The van der Waals surface area contributed by atoms with Crippen molar-refractivity contribution in [2.24, 2.45) is 5.92 Å². The third-order valence-corrected chi connectivity index (χ3v) is 2.62. The monoisotopic (exact) mass is 280 g/mol. The summed E-state index contributed by atoms with van der Waals surface area (Å²) in [5.41, 5.74) is 5.84. The van der Waals surface area contributed by atoms with Crippen molar-refractivity contribution >= 4 is 17.6 Å². The molecule has 0 radical (unpaired) electrons. The number of carbonyl (C=O) groups is 2. The summed E-state index contributed by atoms with van der Waals surface area (Å²) in [7, 11) is 0. The molecule has 20 heavy (non-hydrogen) atoms. The number of carboxylic acid groups (broad SMARTS) is 1. The number of anilines is 1. The van der Waals surface area contributed by atoms with Crippen molar-refractivity contribution in [1.82, 2.24) is 5.32 Å². The Morgan fingerprint density at radius 3 is 2.55 bits per heavy atom. The van der Waals surface area contributed by atoms with Gasteiger partial charge in [0.1, 0.15) is 5.56 Å². The minimum atomic E-state index is -1.15. The van der Waals surface area contributed by atoms with Crippen molar-refractivity contribution in [2.75, 3.05) is 12.3 Å². The van der Waals surface area contributed by atoms with Gasteiger partial charge in [0.05, 0.1) is 5.69 Å². The van der Waals surface area contributed by atoms with E-state index in [2.05, 4.69) is 5.32 Å². The third kappa shape index (κ3) is 4.15. The summed E-state index contributed by atoms with van der Waals surface area (Å²) in [5, 5.41) is 11.8. The minimum Gasteiger partial charge on any atom is -0.478 e. The number of para-hydroxylation sites is 1. The van der Waals surface area contributed by atoms with E-state index < -0.39 is 12.1 Å². The molecule has 4 N–H and O–H groups in total. The third-order valence-electron chi connectivity index (χ3n) is 2.62. The van der Waals surface area contributed by atoms with Gasteiger partial charge in [0.15, 0.2) is 11.9 Å². The maximum Gasteiger partial charge on any atom is 0.339 e. The SMILES string of the molecule is CC(C)CNC(=O)C(C)Oc1c(N)cccc1C(=O)O. The molecule has 6 nitrogen and oxygen atoms in total. The van der Waals surface area contributed by atoms with E-state index in [0.717, 1.165) is 0 Å². The van der Waals surface area contributed by atoms with E-state index in [4.69, 9.17) is 15.6 Å². The number of nitrogens with one attached hydrogen (secondary N) is 1. The Kier molecular flexibility index (Phi) is 5.37. The van der Waals surface area contributed by atoms with Gasteiger partial charge in [0.25, 0.3) is 5.91 Å². The molecular weight excluding hydrogens is 260 g/mol. The molecule has 0 aliphatic carbocycles. The topological polar surface area (TPSA) is 102 Å². The fraction of sp³-hybridized carbons (Fsp3) is 0.429. The molecule has 0 saturated carbocycles. The lowest BCUT2D eigenvalue weighted by Crippen LogP contribution is -2.38. The first kappa shape index (κ1) is 15.8. The molecule has 0 aromatic heterocycles. The number of aromatic carboxylic acids is 1. The fourth-order valence-electron chi connectivity index (χ4n) is 1.53. The number of nitrogens with two attached hydrogens (primary N) is 1. The lowest BCUT2D eigenvalue weighted by Gasteiger charge is -2.18. The zero-order valence-electron chi connectivity index (χ0n) is 11.8. The Morgan fingerprint density at radius 1 is 1.35 bits per heavy atom. The highest BCUT2D eigenvalue weighted by atomic mass is 16.5. The minimum absolute atomic E-state index is 0.0206. The molecule has 1 amide bonds. The van der Waals surface area contributed by atoms with Gasteiger partial charge in [0.2, 0.25) is 0 Å². The predicted octanol–water partition coefficient (Wildman–Crippen LogP) is 1.51. The van der Waals surface area contributed by atoms with E-state index in [0.29, 0.717) is 12.5 Å². The molecule has 1 atom stereocenters. The lowest BCUT2D eigenvalue weighted by atomic mass is 10.1. The molecule has 1 rings (SSSR count). The van der Waals surface area contributed by atoms with Gasteiger partial charge in [-0.05, 0) is 25.0 Å². The Hall–Kier alpha value is -2.24. The first-order valence-electron chi connectivity index (χ1n) is 6.39. The molecule has 1 aromatic carbocycles. The molecule has 110 valence electrons. The van der Waals surface area contributed by atoms with E-state index in [-0.39, 0.29) is 22.9 Å². The van der Waals surface area contributed by atoms with E-state index in [1.165, 1.54) is 18.2 Å². The van der Waals surface area contributed by atoms with Gasteiger partial charge >= 0.3 is 5.97 Å². The van der Waals surface area contributed by atoms with Crippen molar-refractivity contribution < 1.29 is 19.4 Å². The van der Waals surface area contributed by atoms with Gasteiger partial charge < -0.3 is 20.9 Å². The van der Waals surface area contributed by atoms with Gasteiger partial charge in [0, 0.05) is 6.54 Å². The summed E-state index contributed by atoms with van der Waals surface area (Å²) in [6.45, 7) is 6.03. The number of carbonyl (C=O) groups excluding carboxylic acids is 1. The molecule has 1 unspecified atom stereocenters. The van der Waals surface area contributed by atoms with Gasteiger partial charge in [-0.25, -0.2) is 4.79 Å². The summed E-state index contributed by atoms with van der Waals surface area (Å²) in [6, 6.07) is 4.43. The van der Waals surface area contributed by atoms with E-state index in [1.807, 2.05) is 13.8 Å². The number of amides is 1. The molecule has 0 heterocycles. The number of hydrogen-bond acceptors (Lipinski definition) is 4. The number of carboxylic acids is 1. The molecule has 0 aliphatic heterocycles. The first-order valence-corrected chi connectivity index (χ1v) is 6.39. The van der Waals surface area contributed by atoms with Crippen molar-refractivity contribution in [3.63, 3.8) is 0 Å². The molecule has 0 bridgehead atoms. The van der Waals surface area contributed by atoms with Crippen LogP contribution in [0.4, 0.5) is 5.69 Å². The number of rotatable bonds is 6. The zero-order valence-corrected chi connectivity index (χ0v) is 11.8. The van der Waals surface area contributed by atoms with Gasteiger partial charge in [-0.2, -0.15) is 0 Å². The fourth-order valence-corrected chi connectivity index (χ4v) is 1.53. The number of hydrogen-bond donors (Lipinski definition) is 3. The van der Waals surface area contributed by atoms with Crippen LogP contribution in [0.2, 0.25) is 0 Å². The summed E-state index contributed by atoms with van der Waals surface area (Å²) in [4.78, 5) is 22.9. The Bertz CT molecular complexity index is 500. The molecule has 0 saturated heterocycles. The van der Waals surface area contributed by atoms with Crippen LogP contribution in [0, 0.1) is 5.92 Å². The van der Waals surface area contributed by atoms with Crippen LogP contribution >= 0.6 is 0 Å². The van der Waals surface area contributed by atoms with Crippen LogP contribution in [0.25, 0.3) is 0 Å². The summed E-state index contributed by atoms with van der Waals surface area (Å²) >= 11 is 0. The van der Waals surface area contributed by atoms with Crippen molar-refractivity contribution in [1.29, 1.82) is 0 Å². The molecule has 6 heteroatoms. The van der Waals surface area contributed by atoms with Crippen LogP contribution in [0.5, 0.6) is 5.75 Å². The number of nitrogen functional groups attached to an aromatic ring is 1. The van der Waals surface area contributed by atoms with Crippen molar-refractivity contribution in [3.8, 4) is 5.75 Å². The van der Waals surface area contributed by atoms with Gasteiger partial charge in [-0.1, -0.05) is 19.9 Å². The van der Waals surface area contributed by atoms with E-state index >= 15 is 0 Å². The second-order valence-electron chi connectivity index (χ2n) is 4.93. The van der Waals surface area contributed by atoms with Crippen LogP contribution in [-0.4, -0.2) is 29.6 Å². The van der Waals surface area contributed by atoms with Crippen LogP contribution in [0.3, 0.4) is 0 Å². The van der Waals surface area contributed by atoms with Crippen molar-refractivity contribution in [2.45, 2.75) is 26.9 Å². The standard InChI is InChI=1S/C14H20N2O4/c1-8(2)7-16-13(17)9(3)20-12-10(14(18)19)5-4-6-11(12)15/h4-6,8-9H,7,15H2,1-3H3,(H,16,17)(H,18,19). The largest absolute Gasteiger partial charge is 0.478 e. The first-order chi connectivity index (χ1) is 9.32. The summed E-state index contributed by atoms with van der Waals surface area (Å²) in [5.74, 6) is -1.12. The maximum atomic E-state index is 11.8. The lowest BCUT2D eigenvalue weighted by molar-refractivity contribution is -0.127. The smallest absolute Gasteiger partial charge is 0.339 e. The normalized spacial score (nSPS) is 12.0. The van der Waals surface area contributed by atoms with Crippen LogP contribution in [-0.2, 0) is 4.79 Å². The number of benzene rings is 1. The van der Waals surface area contributed by atoms with Crippen LogP contribution in [0.1, 0.15) is 31.1 Å². The van der Waals surface area contributed by atoms with Crippen LogP contribution < -0.4 is 15.8 Å². The average molecular weight is 280 g/mol. The highest BCUT2D eigenvalue weighted by molar-refractivity contribution is 5.93. The second-order valence-corrected chi connectivity index (χ2v) is 4.93. The molecule has 0 fully saturated rings. The second kappa shape index (κ2) is 6.79. The zero-order chi connectivity index (χ0) is 15.3. The quantitative estimate of drug-likeness (QED) is 0.685. The Balaban J connectivity index is 2.82. The Morgan fingerprint density at radius 2 is 2.00 bits per heavy atom. The molecule has 0 spiro atoms. The average Bonchev–Trinajstić information content (AvgIpc) is 2.37. The Labute approximate surface area is 117 Å². The summed E-state index contributed by atoms with van der Waals surface area (Å²) < 4.78 is 5.41. The highest BCUT2D eigenvalue weighted by Gasteiger charge is 2.20. The van der Waals surface area contributed by atoms with Gasteiger partial charge in [-0.15, -0.1) is 0 Å². The van der Waals surface area contributed by atoms with E-state index in [9.17, 15) is 9.59 Å². The van der Waals surface area contributed by atoms with Crippen LogP contribution in [0.15, 0.2) is 18.2 Å².